The fourth-order valence-electron chi connectivity index (χ4n) is 3.09. The van der Waals surface area contributed by atoms with E-state index in [2.05, 4.69) is 25.1 Å². The van der Waals surface area contributed by atoms with Gasteiger partial charge in [0.25, 0.3) is 0 Å². The fraction of sp³-hybridized carbons (Fsp3) is 0.733. The second kappa shape index (κ2) is 7.71. The molecule has 2 saturated heterocycles. The molecule has 7 nitrogen and oxygen atoms in total. The van der Waals surface area contributed by atoms with Crippen LogP contribution in [-0.2, 0) is 11.3 Å². The molecule has 0 radical (unpaired) electrons. The zero-order valence-corrected chi connectivity index (χ0v) is 13.1. The number of hydrogen-bond acceptors (Lipinski definition) is 5. The zero-order chi connectivity index (χ0) is 15.2. The van der Waals surface area contributed by atoms with Gasteiger partial charge in [-0.05, 0) is 0 Å². The Bertz CT molecular complexity index is 449. The molecule has 2 fully saturated rings. The summed E-state index contributed by atoms with van der Waals surface area (Å²) in [5.74, 6) is 1.34. The second-order valence-electron chi connectivity index (χ2n) is 6.03. The molecule has 1 aromatic rings. The lowest BCUT2D eigenvalue weighted by molar-refractivity contribution is -0.132. The summed E-state index contributed by atoms with van der Waals surface area (Å²) in [5, 5.41) is 3.28. The Morgan fingerprint density at radius 2 is 1.82 bits per heavy atom. The van der Waals surface area contributed by atoms with Crippen LogP contribution in [0.3, 0.4) is 0 Å². The highest BCUT2D eigenvalue weighted by atomic mass is 16.2. The number of piperazine rings is 2. The maximum atomic E-state index is 12.2. The molecule has 0 bridgehead atoms. The third-order valence-corrected chi connectivity index (χ3v) is 4.50. The molecule has 3 heterocycles. The molecule has 7 heteroatoms. The summed E-state index contributed by atoms with van der Waals surface area (Å²) in [6, 6.07) is 0. The minimum Gasteiger partial charge on any atom is -0.348 e. The van der Waals surface area contributed by atoms with E-state index in [1.54, 1.807) is 6.20 Å². The summed E-state index contributed by atoms with van der Waals surface area (Å²) in [6.45, 7) is 9.51. The van der Waals surface area contributed by atoms with E-state index in [-0.39, 0.29) is 0 Å². The molecule has 0 aromatic carbocycles. The first kappa shape index (κ1) is 15.5. The van der Waals surface area contributed by atoms with E-state index in [1.165, 1.54) is 0 Å². The van der Waals surface area contributed by atoms with Crippen LogP contribution in [0.2, 0.25) is 0 Å². The lowest BCUT2D eigenvalue weighted by Gasteiger charge is -2.34. The van der Waals surface area contributed by atoms with Crippen molar-refractivity contribution in [3.8, 4) is 0 Å². The summed E-state index contributed by atoms with van der Waals surface area (Å²) >= 11 is 0. The second-order valence-corrected chi connectivity index (χ2v) is 6.03. The maximum Gasteiger partial charge on any atom is 0.223 e. The normalized spacial score (nSPS) is 21.2. The zero-order valence-electron chi connectivity index (χ0n) is 13.1. The lowest BCUT2D eigenvalue weighted by Crippen LogP contribution is -2.49. The minimum absolute atomic E-state index is 0.305. The van der Waals surface area contributed by atoms with Crippen molar-refractivity contribution in [1.29, 1.82) is 0 Å². The average molecular weight is 306 g/mol. The lowest BCUT2D eigenvalue weighted by atomic mass is 10.2. The van der Waals surface area contributed by atoms with Gasteiger partial charge in [0.1, 0.15) is 5.82 Å². The van der Waals surface area contributed by atoms with Crippen molar-refractivity contribution < 1.29 is 4.79 Å². The van der Waals surface area contributed by atoms with Gasteiger partial charge in [-0.2, -0.15) is 0 Å². The number of imidazole rings is 1. The van der Waals surface area contributed by atoms with Crippen LogP contribution in [0.15, 0.2) is 12.4 Å². The molecule has 2 N–H and O–H groups in total. The molecule has 0 aliphatic carbocycles. The molecule has 0 unspecified atom stereocenters. The van der Waals surface area contributed by atoms with Crippen LogP contribution in [0.4, 0.5) is 0 Å². The van der Waals surface area contributed by atoms with Crippen LogP contribution in [-0.4, -0.2) is 89.5 Å². The summed E-state index contributed by atoms with van der Waals surface area (Å²) in [5.41, 5.74) is 0. The van der Waals surface area contributed by atoms with Crippen LogP contribution in [0.5, 0.6) is 0 Å². The Hall–Kier alpha value is -1.44. The molecule has 0 saturated carbocycles. The molecule has 3 rings (SSSR count). The number of aromatic amines is 1. The highest BCUT2D eigenvalue weighted by Crippen LogP contribution is 2.07. The van der Waals surface area contributed by atoms with Gasteiger partial charge in [-0.3, -0.25) is 9.69 Å². The molecule has 22 heavy (non-hydrogen) atoms. The smallest absolute Gasteiger partial charge is 0.223 e. The predicted molar refractivity (Wildman–Crippen MR) is 84.4 cm³/mol. The number of H-pyrrole nitrogens is 1. The molecule has 2 aliphatic heterocycles. The van der Waals surface area contributed by atoms with Gasteiger partial charge in [-0.25, -0.2) is 4.98 Å². The topological polar surface area (TPSA) is 67.5 Å². The van der Waals surface area contributed by atoms with Crippen molar-refractivity contribution in [2.24, 2.45) is 0 Å². The van der Waals surface area contributed by atoms with Crippen LogP contribution in [0, 0.1) is 0 Å². The number of rotatable bonds is 5. The van der Waals surface area contributed by atoms with Crippen molar-refractivity contribution in [1.82, 2.24) is 30.0 Å². The van der Waals surface area contributed by atoms with E-state index < -0.39 is 0 Å². The highest BCUT2D eigenvalue weighted by molar-refractivity contribution is 5.76. The molecule has 2 aliphatic rings. The van der Waals surface area contributed by atoms with Crippen molar-refractivity contribution >= 4 is 5.91 Å². The van der Waals surface area contributed by atoms with E-state index in [0.29, 0.717) is 12.3 Å². The number of aromatic nitrogens is 2. The maximum absolute atomic E-state index is 12.2. The molecule has 122 valence electrons. The first-order valence-corrected chi connectivity index (χ1v) is 8.23. The number of carbonyl (C=O) groups excluding carboxylic acids is 1. The van der Waals surface area contributed by atoms with Crippen molar-refractivity contribution in [2.75, 3.05) is 58.9 Å². The number of hydrogen-bond donors (Lipinski definition) is 2. The van der Waals surface area contributed by atoms with Gasteiger partial charge in [-0.15, -0.1) is 0 Å². The molecule has 1 amide bonds. The quantitative estimate of drug-likeness (QED) is 0.757. The minimum atomic E-state index is 0.305. The highest BCUT2D eigenvalue weighted by Gasteiger charge is 2.20. The first-order valence-electron chi connectivity index (χ1n) is 8.23. The number of carbonyl (C=O) groups is 1. The number of nitrogens with one attached hydrogen (secondary N) is 2. The average Bonchev–Trinajstić information content (AvgIpc) is 3.08. The number of amides is 1. The monoisotopic (exact) mass is 306 g/mol. The summed E-state index contributed by atoms with van der Waals surface area (Å²) in [4.78, 5) is 26.4. The third-order valence-electron chi connectivity index (χ3n) is 4.50. The van der Waals surface area contributed by atoms with Crippen molar-refractivity contribution in [2.45, 2.75) is 13.0 Å². The van der Waals surface area contributed by atoms with Gasteiger partial charge in [0.05, 0.1) is 6.54 Å². The van der Waals surface area contributed by atoms with Gasteiger partial charge < -0.3 is 20.1 Å². The van der Waals surface area contributed by atoms with Gasteiger partial charge in [0.15, 0.2) is 0 Å². The molecule has 1 aromatic heterocycles. The molecule has 0 atom stereocenters. The Kier molecular flexibility index (Phi) is 5.42. The Labute approximate surface area is 131 Å². The largest absolute Gasteiger partial charge is 0.348 e. The Morgan fingerprint density at radius 3 is 2.50 bits per heavy atom. The van der Waals surface area contributed by atoms with Crippen LogP contribution in [0.25, 0.3) is 0 Å². The SMILES string of the molecule is O=C(CCN1CCN(Cc2ncc[nH]2)CC1)N1CCNCC1. The van der Waals surface area contributed by atoms with Gasteiger partial charge in [0.2, 0.25) is 5.91 Å². The summed E-state index contributed by atoms with van der Waals surface area (Å²) in [7, 11) is 0. The van der Waals surface area contributed by atoms with Crippen LogP contribution < -0.4 is 5.32 Å². The van der Waals surface area contributed by atoms with Crippen LogP contribution >= 0.6 is 0 Å². The van der Waals surface area contributed by atoms with Gasteiger partial charge in [-0.1, -0.05) is 0 Å². The van der Waals surface area contributed by atoms with E-state index in [4.69, 9.17) is 0 Å². The van der Waals surface area contributed by atoms with E-state index in [1.807, 2.05) is 11.1 Å². The predicted octanol–water partition coefficient (Wildman–Crippen LogP) is -0.651. The van der Waals surface area contributed by atoms with Gasteiger partial charge >= 0.3 is 0 Å². The van der Waals surface area contributed by atoms with E-state index >= 15 is 0 Å². The first-order chi connectivity index (χ1) is 10.8. The fourth-order valence-corrected chi connectivity index (χ4v) is 3.09. The van der Waals surface area contributed by atoms with Crippen molar-refractivity contribution in [3.05, 3.63) is 18.2 Å². The van der Waals surface area contributed by atoms with E-state index in [0.717, 1.165) is 71.3 Å². The van der Waals surface area contributed by atoms with Gasteiger partial charge in [0, 0.05) is 77.7 Å². The summed E-state index contributed by atoms with van der Waals surface area (Å²) in [6.07, 6.45) is 4.32. The summed E-state index contributed by atoms with van der Waals surface area (Å²) < 4.78 is 0. The Balaban J connectivity index is 1.34. The molecular weight excluding hydrogens is 280 g/mol. The molecular formula is C15H26N6O. The standard InChI is InChI=1S/C15H26N6O/c22-15(21-7-4-16-5-8-21)1-6-19-9-11-20(12-10-19)13-14-17-2-3-18-14/h2-3,16H,1,4-13H2,(H,17,18). The third kappa shape index (κ3) is 4.28. The Morgan fingerprint density at radius 1 is 1.09 bits per heavy atom. The van der Waals surface area contributed by atoms with E-state index in [9.17, 15) is 4.79 Å². The number of nitrogens with zero attached hydrogens (tertiary/aromatic N) is 4. The molecule has 0 spiro atoms. The van der Waals surface area contributed by atoms with Crippen LogP contribution in [0.1, 0.15) is 12.2 Å². The van der Waals surface area contributed by atoms with Crippen molar-refractivity contribution in [3.63, 3.8) is 0 Å².